The first-order valence-electron chi connectivity index (χ1n) is 7.26. The third kappa shape index (κ3) is 2.32. The Morgan fingerprint density at radius 2 is 2.21 bits per heavy atom. The molecule has 3 nitrogen and oxygen atoms in total. The van der Waals surface area contributed by atoms with Gasteiger partial charge in [-0.2, -0.15) is 0 Å². The predicted molar refractivity (Wildman–Crippen MR) is 75.8 cm³/mol. The van der Waals surface area contributed by atoms with Crippen molar-refractivity contribution in [3.63, 3.8) is 0 Å². The quantitative estimate of drug-likeness (QED) is 0.902. The number of hydrogen-bond acceptors (Lipinski definition) is 3. The summed E-state index contributed by atoms with van der Waals surface area (Å²) in [5.74, 6) is 2.58. The van der Waals surface area contributed by atoms with Crippen molar-refractivity contribution in [1.82, 2.24) is 5.32 Å². The Bertz CT molecular complexity index is 470. The molecule has 1 saturated carbocycles. The summed E-state index contributed by atoms with van der Waals surface area (Å²) < 4.78 is 11.7. The molecule has 0 saturated heterocycles. The van der Waals surface area contributed by atoms with Crippen LogP contribution in [-0.2, 0) is 0 Å². The van der Waals surface area contributed by atoms with E-state index in [1.807, 2.05) is 12.1 Å². The van der Waals surface area contributed by atoms with E-state index in [-0.39, 0.29) is 5.60 Å². The minimum atomic E-state index is -0.0216. The van der Waals surface area contributed by atoms with Crippen molar-refractivity contribution in [1.29, 1.82) is 0 Å². The second kappa shape index (κ2) is 4.71. The molecule has 0 bridgehead atoms. The molecule has 1 N–H and O–H groups in total. The smallest absolute Gasteiger partial charge is 0.128 e. The maximum Gasteiger partial charge on any atom is 0.128 e. The van der Waals surface area contributed by atoms with Crippen LogP contribution in [0.4, 0.5) is 0 Å². The fourth-order valence-corrected chi connectivity index (χ4v) is 3.20. The zero-order valence-corrected chi connectivity index (χ0v) is 12.0. The molecule has 2 unspecified atom stereocenters. The van der Waals surface area contributed by atoms with E-state index < -0.39 is 0 Å². The molecule has 2 aliphatic rings. The topological polar surface area (TPSA) is 30.5 Å². The van der Waals surface area contributed by atoms with Crippen LogP contribution in [0.1, 0.15) is 44.7 Å². The zero-order chi connectivity index (χ0) is 13.5. The molecule has 19 heavy (non-hydrogen) atoms. The molecule has 1 aliphatic heterocycles. The summed E-state index contributed by atoms with van der Waals surface area (Å²) in [4.78, 5) is 0. The number of nitrogens with one attached hydrogen (secondary N) is 1. The van der Waals surface area contributed by atoms with Gasteiger partial charge in [-0.15, -0.1) is 0 Å². The second-order valence-corrected chi connectivity index (χ2v) is 5.91. The summed E-state index contributed by atoms with van der Waals surface area (Å²) in [7, 11) is 1.70. The molecule has 1 fully saturated rings. The highest BCUT2D eigenvalue weighted by Gasteiger charge is 2.47. The Morgan fingerprint density at radius 1 is 1.42 bits per heavy atom. The maximum absolute atomic E-state index is 6.34. The molecular formula is C16H23NO2. The van der Waals surface area contributed by atoms with E-state index in [1.165, 1.54) is 18.4 Å². The van der Waals surface area contributed by atoms with Crippen molar-refractivity contribution in [2.45, 2.75) is 44.8 Å². The molecule has 1 aliphatic carbocycles. The van der Waals surface area contributed by atoms with Crippen LogP contribution in [-0.4, -0.2) is 19.3 Å². The van der Waals surface area contributed by atoms with Crippen molar-refractivity contribution < 1.29 is 9.47 Å². The molecule has 1 heterocycles. The van der Waals surface area contributed by atoms with Crippen LogP contribution >= 0.6 is 0 Å². The summed E-state index contributed by atoms with van der Waals surface area (Å²) in [6.45, 7) is 5.40. The monoisotopic (exact) mass is 261 g/mol. The molecule has 104 valence electrons. The van der Waals surface area contributed by atoms with Crippen LogP contribution in [0.25, 0.3) is 0 Å². The Hall–Kier alpha value is -1.22. The van der Waals surface area contributed by atoms with Crippen LogP contribution in [0.15, 0.2) is 18.2 Å². The molecule has 3 rings (SSSR count). The van der Waals surface area contributed by atoms with Gasteiger partial charge in [0.2, 0.25) is 0 Å². The van der Waals surface area contributed by atoms with E-state index in [1.54, 1.807) is 7.11 Å². The normalized spacial score (nSPS) is 29.5. The van der Waals surface area contributed by atoms with Gasteiger partial charge in [0.05, 0.1) is 7.11 Å². The Labute approximate surface area is 115 Å². The third-order valence-electron chi connectivity index (χ3n) is 4.44. The summed E-state index contributed by atoms with van der Waals surface area (Å²) in [5, 5.41) is 3.60. The Balaban J connectivity index is 1.96. The number of methoxy groups -OCH3 is 1. The van der Waals surface area contributed by atoms with Gasteiger partial charge in [0.1, 0.15) is 17.1 Å². The highest BCUT2D eigenvalue weighted by molar-refractivity contribution is 5.44. The lowest BCUT2D eigenvalue weighted by Crippen LogP contribution is -2.43. The number of benzene rings is 1. The molecular weight excluding hydrogens is 238 g/mol. The maximum atomic E-state index is 6.34. The largest absolute Gasteiger partial charge is 0.497 e. The second-order valence-electron chi connectivity index (χ2n) is 5.91. The minimum absolute atomic E-state index is 0.0216. The number of ether oxygens (including phenoxy) is 2. The first-order chi connectivity index (χ1) is 9.16. The summed E-state index contributed by atoms with van der Waals surface area (Å²) in [6, 6.07) is 6.57. The lowest BCUT2D eigenvalue weighted by atomic mass is 9.85. The highest BCUT2D eigenvalue weighted by Crippen LogP contribution is 2.51. The SMILES string of the molecule is CCNC1CC(C)(C2CC2)Oc2cc(OC)ccc21. The van der Waals surface area contributed by atoms with Crippen LogP contribution < -0.4 is 14.8 Å². The fraction of sp³-hybridized carbons (Fsp3) is 0.625. The average molecular weight is 261 g/mol. The molecule has 2 atom stereocenters. The van der Waals surface area contributed by atoms with Crippen molar-refractivity contribution in [2.75, 3.05) is 13.7 Å². The van der Waals surface area contributed by atoms with Gasteiger partial charge in [-0.3, -0.25) is 0 Å². The lowest BCUT2D eigenvalue weighted by Gasteiger charge is -2.40. The van der Waals surface area contributed by atoms with Crippen LogP contribution in [0.5, 0.6) is 11.5 Å². The van der Waals surface area contributed by atoms with Crippen LogP contribution in [0.3, 0.4) is 0 Å². The Kier molecular flexibility index (Phi) is 3.17. The molecule has 3 heteroatoms. The van der Waals surface area contributed by atoms with E-state index in [9.17, 15) is 0 Å². The molecule has 0 spiro atoms. The highest BCUT2D eigenvalue weighted by atomic mass is 16.5. The van der Waals surface area contributed by atoms with Gasteiger partial charge in [0.25, 0.3) is 0 Å². The van der Waals surface area contributed by atoms with E-state index in [2.05, 4.69) is 25.2 Å². The van der Waals surface area contributed by atoms with E-state index in [0.29, 0.717) is 12.0 Å². The van der Waals surface area contributed by atoms with Gasteiger partial charge in [-0.25, -0.2) is 0 Å². The summed E-state index contributed by atoms with van der Waals surface area (Å²) in [5.41, 5.74) is 1.24. The van der Waals surface area contributed by atoms with Gasteiger partial charge < -0.3 is 14.8 Å². The van der Waals surface area contributed by atoms with Crippen molar-refractivity contribution in [2.24, 2.45) is 5.92 Å². The van der Waals surface area contributed by atoms with Crippen molar-refractivity contribution in [3.8, 4) is 11.5 Å². The fourth-order valence-electron chi connectivity index (χ4n) is 3.20. The molecule has 1 aromatic carbocycles. The molecule has 0 aromatic heterocycles. The number of fused-ring (bicyclic) bond motifs is 1. The lowest BCUT2D eigenvalue weighted by molar-refractivity contribution is 0.0269. The molecule has 0 amide bonds. The first-order valence-corrected chi connectivity index (χ1v) is 7.26. The van der Waals surface area contributed by atoms with Gasteiger partial charge >= 0.3 is 0 Å². The summed E-state index contributed by atoms with van der Waals surface area (Å²) >= 11 is 0. The van der Waals surface area contributed by atoms with Gasteiger partial charge in [0, 0.05) is 24.1 Å². The van der Waals surface area contributed by atoms with E-state index in [0.717, 1.165) is 24.5 Å². The van der Waals surface area contributed by atoms with Gasteiger partial charge in [-0.05, 0) is 38.3 Å². The van der Waals surface area contributed by atoms with Gasteiger partial charge in [-0.1, -0.05) is 13.0 Å². The third-order valence-corrected chi connectivity index (χ3v) is 4.44. The zero-order valence-electron chi connectivity index (χ0n) is 12.0. The van der Waals surface area contributed by atoms with Crippen LogP contribution in [0.2, 0.25) is 0 Å². The molecule has 0 radical (unpaired) electrons. The van der Waals surface area contributed by atoms with E-state index >= 15 is 0 Å². The van der Waals surface area contributed by atoms with Gasteiger partial charge in [0.15, 0.2) is 0 Å². The molecule has 1 aromatic rings. The van der Waals surface area contributed by atoms with Crippen LogP contribution in [0, 0.1) is 5.92 Å². The number of rotatable bonds is 4. The first kappa shape index (κ1) is 12.8. The summed E-state index contributed by atoms with van der Waals surface area (Å²) in [6.07, 6.45) is 3.66. The van der Waals surface area contributed by atoms with E-state index in [4.69, 9.17) is 9.47 Å². The minimum Gasteiger partial charge on any atom is -0.497 e. The Morgan fingerprint density at radius 3 is 2.84 bits per heavy atom. The van der Waals surface area contributed by atoms with Crippen molar-refractivity contribution in [3.05, 3.63) is 23.8 Å². The van der Waals surface area contributed by atoms with Crippen molar-refractivity contribution >= 4 is 0 Å². The predicted octanol–water partition coefficient (Wildman–Crippen LogP) is 3.30. The average Bonchev–Trinajstić information content (AvgIpc) is 3.22. The number of hydrogen-bond donors (Lipinski definition) is 1. The standard InChI is InChI=1S/C16H23NO2/c1-4-17-14-10-16(2,11-5-6-11)19-15-9-12(18-3)7-8-13(14)15/h7-9,11,14,17H,4-6,10H2,1-3H3.